The van der Waals surface area contributed by atoms with Gasteiger partial charge in [-0.1, -0.05) is 152 Å². The van der Waals surface area contributed by atoms with E-state index in [0.717, 1.165) is 56.5 Å². The number of anilines is 6. The fourth-order valence-electron chi connectivity index (χ4n) is 10.3. The Labute approximate surface area is 382 Å². The van der Waals surface area contributed by atoms with Gasteiger partial charge in [-0.3, -0.25) is 4.90 Å². The van der Waals surface area contributed by atoms with Gasteiger partial charge in [-0.15, -0.1) is 0 Å². The van der Waals surface area contributed by atoms with Crippen molar-refractivity contribution in [3.05, 3.63) is 242 Å². The number of nitrogens with zero attached hydrogens (tertiary/aromatic N) is 4. The van der Waals surface area contributed by atoms with E-state index in [2.05, 4.69) is 203 Å². The molecular weight excluding hydrogens is 801 g/mol. The van der Waals surface area contributed by atoms with Crippen LogP contribution in [0.5, 0.6) is 0 Å². The highest BCUT2D eigenvalue weighted by molar-refractivity contribution is 6.25. The van der Waals surface area contributed by atoms with Crippen LogP contribution in [0.15, 0.2) is 231 Å². The molecule has 0 amide bonds. The monoisotopic (exact) mass is 838 g/mol. The topological polar surface area (TPSA) is 23.7 Å². The number of aromatic nitrogens is 1. The van der Waals surface area contributed by atoms with E-state index in [0.29, 0.717) is 5.69 Å². The van der Waals surface area contributed by atoms with Crippen LogP contribution >= 0.6 is 0 Å². The first kappa shape index (κ1) is 37.5. The Hall–Kier alpha value is -9.04. The van der Waals surface area contributed by atoms with Crippen molar-refractivity contribution in [1.29, 1.82) is 0 Å². The smallest absolute Gasteiger partial charge is 0.187 e. The zero-order valence-corrected chi connectivity index (χ0v) is 35.7. The van der Waals surface area contributed by atoms with Crippen molar-refractivity contribution in [1.82, 2.24) is 4.98 Å². The second-order valence-electron chi connectivity index (χ2n) is 17.1. The lowest BCUT2D eigenvalue weighted by Gasteiger charge is -2.27. The van der Waals surface area contributed by atoms with Gasteiger partial charge in [0, 0.05) is 34.6 Å². The summed E-state index contributed by atoms with van der Waals surface area (Å²) in [6.07, 6.45) is 1.86. The Morgan fingerprint density at radius 3 is 1.12 bits per heavy atom. The van der Waals surface area contributed by atoms with E-state index >= 15 is 0 Å². The molecule has 306 valence electrons. The third-order valence-corrected chi connectivity index (χ3v) is 13.3. The maximum Gasteiger partial charge on any atom is 0.187 e. The molecule has 13 rings (SSSR count). The molecule has 0 atom stereocenters. The fourth-order valence-corrected chi connectivity index (χ4v) is 10.3. The summed E-state index contributed by atoms with van der Waals surface area (Å²) in [5.41, 5.74) is 10.4. The molecule has 0 fully saturated rings. The largest absolute Gasteiger partial charge is 0.311 e. The van der Waals surface area contributed by atoms with Crippen molar-refractivity contribution >= 4 is 105 Å². The van der Waals surface area contributed by atoms with Gasteiger partial charge in [0.15, 0.2) is 5.69 Å². The van der Waals surface area contributed by atoms with Crippen molar-refractivity contribution in [3.63, 3.8) is 0 Å². The van der Waals surface area contributed by atoms with Crippen LogP contribution in [-0.2, 0) is 0 Å². The molecule has 0 radical (unpaired) electrons. The Morgan fingerprint density at radius 2 is 0.697 bits per heavy atom. The van der Waals surface area contributed by atoms with Crippen molar-refractivity contribution in [2.24, 2.45) is 0 Å². The van der Waals surface area contributed by atoms with E-state index in [9.17, 15) is 0 Å². The second kappa shape index (κ2) is 15.1. The first-order valence-electron chi connectivity index (χ1n) is 22.3. The van der Waals surface area contributed by atoms with Crippen molar-refractivity contribution in [3.8, 4) is 22.3 Å². The summed E-state index contributed by atoms with van der Waals surface area (Å²) in [6, 6.07) is 80.5. The zero-order valence-electron chi connectivity index (χ0n) is 35.7. The normalized spacial score (nSPS) is 11.6. The van der Waals surface area contributed by atoms with Crippen LogP contribution in [0.4, 0.5) is 39.9 Å². The third-order valence-electron chi connectivity index (χ3n) is 13.3. The molecule has 0 spiro atoms. The molecule has 0 unspecified atom stereocenters. The van der Waals surface area contributed by atoms with E-state index in [1.54, 1.807) is 0 Å². The molecule has 1 aromatic heterocycles. The van der Waals surface area contributed by atoms with Gasteiger partial charge in [0.05, 0.1) is 6.57 Å². The van der Waals surface area contributed by atoms with Crippen LogP contribution in [0.1, 0.15) is 0 Å². The van der Waals surface area contributed by atoms with Crippen molar-refractivity contribution in [2.75, 3.05) is 9.80 Å². The molecule has 0 saturated carbocycles. The molecule has 12 aromatic carbocycles. The average molecular weight is 839 g/mol. The summed E-state index contributed by atoms with van der Waals surface area (Å²) in [4.78, 5) is 13.1. The van der Waals surface area contributed by atoms with Gasteiger partial charge >= 0.3 is 0 Å². The molecule has 0 bridgehead atoms. The first-order chi connectivity index (χ1) is 32.6. The van der Waals surface area contributed by atoms with E-state index in [1.165, 1.54) is 64.6 Å². The van der Waals surface area contributed by atoms with Gasteiger partial charge in [0.1, 0.15) is 5.82 Å². The number of benzene rings is 12. The van der Waals surface area contributed by atoms with Crippen molar-refractivity contribution < 1.29 is 0 Å². The fraction of sp³-hybridized carbons (Fsp3) is 0. The SMILES string of the molecule is [C-]#[N+]c1ccc(N(c2ccc(-c3ccccc3-c3ccc(N(c4cc5ccc6cccc7ccc(c4)c5c67)c4ccccn4)cc3)cc2)c2cc3ccc4cccc5ccc(c2)c3c45)cc1. The summed E-state index contributed by atoms with van der Waals surface area (Å²) in [7, 11) is 0. The lowest BCUT2D eigenvalue weighted by molar-refractivity contribution is 1.18. The molecular formula is C62H38N4. The minimum Gasteiger partial charge on any atom is -0.311 e. The highest BCUT2D eigenvalue weighted by Gasteiger charge is 2.20. The van der Waals surface area contributed by atoms with Crippen LogP contribution < -0.4 is 9.80 Å². The van der Waals surface area contributed by atoms with Crippen molar-refractivity contribution in [2.45, 2.75) is 0 Å². The number of hydrogen-bond donors (Lipinski definition) is 0. The van der Waals surface area contributed by atoms with E-state index < -0.39 is 0 Å². The molecule has 1 heterocycles. The average Bonchev–Trinajstić information content (AvgIpc) is 3.38. The van der Waals surface area contributed by atoms with Crippen LogP contribution in [0.2, 0.25) is 0 Å². The zero-order chi connectivity index (χ0) is 43.7. The molecule has 13 aromatic rings. The summed E-state index contributed by atoms with van der Waals surface area (Å²) in [5, 5.41) is 15.1. The molecule has 4 nitrogen and oxygen atoms in total. The predicted molar refractivity (Wildman–Crippen MR) is 278 cm³/mol. The van der Waals surface area contributed by atoms with Gasteiger partial charge < -0.3 is 4.90 Å². The minimum absolute atomic E-state index is 0.617. The van der Waals surface area contributed by atoms with E-state index in [4.69, 9.17) is 11.6 Å². The number of hydrogen-bond acceptors (Lipinski definition) is 3. The maximum absolute atomic E-state index is 7.61. The minimum atomic E-state index is 0.617. The summed E-state index contributed by atoms with van der Waals surface area (Å²) in [5.74, 6) is 0.858. The molecule has 0 aliphatic rings. The summed E-state index contributed by atoms with van der Waals surface area (Å²) >= 11 is 0. The standard InChI is InChI=1S/C62H38N4/c1-63-50-27-33-52(34-28-50)65(54-36-46-19-15-42-8-6-9-43-16-20-47(37-54)61(46)59(42)43)51-29-23-40(24-30-51)56-12-2-3-13-57(56)41-25-31-53(32-26-41)66(58-14-4-5-35-64-58)55-38-48-21-17-44-10-7-11-45-18-22-49(39-55)62(48)60(44)45/h2-39H. The lowest BCUT2D eigenvalue weighted by atomic mass is 9.93. The second-order valence-corrected chi connectivity index (χ2v) is 17.1. The Bertz CT molecular complexity index is 3860. The van der Waals surface area contributed by atoms with Crippen LogP contribution in [0.3, 0.4) is 0 Å². The molecule has 0 N–H and O–H groups in total. The van der Waals surface area contributed by atoms with Crippen LogP contribution in [0, 0.1) is 6.57 Å². The summed E-state index contributed by atoms with van der Waals surface area (Å²) < 4.78 is 0. The van der Waals surface area contributed by atoms with Gasteiger partial charge in [-0.05, 0) is 160 Å². The molecule has 0 aliphatic carbocycles. The molecule has 66 heavy (non-hydrogen) atoms. The Kier molecular flexibility index (Phi) is 8.56. The van der Waals surface area contributed by atoms with Gasteiger partial charge in [-0.2, -0.15) is 0 Å². The molecule has 4 heteroatoms. The molecule has 0 saturated heterocycles. The number of pyridine rings is 1. The van der Waals surface area contributed by atoms with Gasteiger partial charge in [0.2, 0.25) is 0 Å². The maximum atomic E-state index is 7.61. The van der Waals surface area contributed by atoms with Gasteiger partial charge in [0.25, 0.3) is 0 Å². The Morgan fingerprint density at radius 1 is 0.318 bits per heavy atom. The first-order valence-corrected chi connectivity index (χ1v) is 22.3. The van der Waals surface area contributed by atoms with E-state index in [-0.39, 0.29) is 0 Å². The highest BCUT2D eigenvalue weighted by atomic mass is 15.2. The molecule has 0 aliphatic heterocycles. The Balaban J connectivity index is 0.869. The summed E-state index contributed by atoms with van der Waals surface area (Å²) in [6.45, 7) is 7.61. The predicted octanol–water partition coefficient (Wildman–Crippen LogP) is 17.7. The van der Waals surface area contributed by atoms with Crippen LogP contribution in [0.25, 0.3) is 91.7 Å². The third kappa shape index (κ3) is 6.10. The lowest BCUT2D eigenvalue weighted by Crippen LogP contribution is -2.11. The quantitative estimate of drug-likeness (QED) is 0.113. The van der Waals surface area contributed by atoms with Gasteiger partial charge in [-0.25, -0.2) is 9.83 Å². The number of rotatable bonds is 8. The van der Waals surface area contributed by atoms with Crippen LogP contribution in [-0.4, -0.2) is 4.98 Å². The highest BCUT2D eigenvalue weighted by Crippen LogP contribution is 2.45. The van der Waals surface area contributed by atoms with E-state index in [1.807, 2.05) is 42.6 Å².